The number of nitrogens with zero attached hydrogens (tertiary/aromatic N) is 1. The van der Waals surface area contributed by atoms with Gasteiger partial charge in [0.15, 0.2) is 0 Å². The van der Waals surface area contributed by atoms with Gasteiger partial charge in [0.05, 0.1) is 0 Å². The molecule has 1 rings (SSSR count). The number of hydrogen-bond donors (Lipinski definition) is 2. The maximum absolute atomic E-state index is 11.3. The molecule has 0 saturated carbocycles. The van der Waals surface area contributed by atoms with Crippen molar-refractivity contribution in [2.75, 3.05) is 11.9 Å². The van der Waals surface area contributed by atoms with E-state index < -0.39 is 22.4 Å². The van der Waals surface area contributed by atoms with Crippen molar-refractivity contribution in [1.82, 2.24) is 4.72 Å². The van der Waals surface area contributed by atoms with Crippen LogP contribution in [-0.2, 0) is 14.5 Å². The molecule has 0 aliphatic heterocycles. The zero-order chi connectivity index (χ0) is 16.0. The van der Waals surface area contributed by atoms with Crippen molar-refractivity contribution in [1.29, 1.82) is 0 Å². The minimum Gasteiger partial charge on any atom is -0.465 e. The largest absolute Gasteiger partial charge is 0.465 e. The Labute approximate surface area is 127 Å². The van der Waals surface area contributed by atoms with Gasteiger partial charge >= 0.3 is 16.4 Å². The first-order valence-electron chi connectivity index (χ1n) is 5.67. The van der Waals surface area contributed by atoms with Crippen LogP contribution in [-0.4, -0.2) is 32.7 Å². The number of carboxylic acid groups (broad SMARTS) is 1. The van der Waals surface area contributed by atoms with Crippen LogP contribution >= 0.6 is 11.6 Å². The summed E-state index contributed by atoms with van der Waals surface area (Å²) in [5, 5.41) is 9.61. The van der Waals surface area contributed by atoms with Gasteiger partial charge in [0.1, 0.15) is 12.1 Å². The summed E-state index contributed by atoms with van der Waals surface area (Å²) in [6, 6.07) is 5.36. The second kappa shape index (κ2) is 7.17. The normalized spacial score (nSPS) is 12.0. The molecule has 0 saturated heterocycles. The van der Waals surface area contributed by atoms with E-state index in [1.807, 2.05) is 10.8 Å². The lowest BCUT2D eigenvalue weighted by atomic mass is 10.2. The van der Waals surface area contributed by atoms with E-state index in [1.165, 1.54) is 13.0 Å². The lowest BCUT2D eigenvalue weighted by molar-refractivity contribution is 0.201. The van der Waals surface area contributed by atoms with Crippen LogP contribution in [0.1, 0.15) is 6.92 Å². The van der Waals surface area contributed by atoms with E-state index >= 15 is 0 Å². The van der Waals surface area contributed by atoms with E-state index in [1.54, 1.807) is 18.2 Å². The third-order valence-corrected chi connectivity index (χ3v) is 3.39. The van der Waals surface area contributed by atoms with Crippen LogP contribution in [0.3, 0.4) is 0 Å². The molecule has 0 aliphatic carbocycles. The summed E-state index contributed by atoms with van der Waals surface area (Å²) in [6.07, 6.45) is 0.703. The van der Waals surface area contributed by atoms with Crippen molar-refractivity contribution in [2.45, 2.75) is 13.0 Å². The molecule has 1 atom stereocenters. The molecular formula is C12H13ClN2O5S. The number of halogens is 1. The Morgan fingerprint density at radius 1 is 1.52 bits per heavy atom. The summed E-state index contributed by atoms with van der Waals surface area (Å²) in [7, 11) is -2.78. The Morgan fingerprint density at radius 2 is 2.19 bits per heavy atom. The molecule has 9 heteroatoms. The molecule has 0 bridgehead atoms. The molecule has 0 aromatic heterocycles. The maximum atomic E-state index is 11.3. The van der Waals surface area contributed by atoms with Gasteiger partial charge in [-0.25, -0.2) is 4.79 Å². The molecule has 7 nitrogen and oxygen atoms in total. The molecule has 1 amide bonds. The summed E-state index contributed by atoms with van der Waals surface area (Å²) in [5.74, 6) is 2.38. The average molecular weight is 333 g/mol. The number of rotatable bonds is 4. The van der Waals surface area contributed by atoms with Crippen LogP contribution in [0.5, 0.6) is 0 Å². The molecule has 0 fully saturated rings. The molecule has 0 radical (unpaired) electrons. The van der Waals surface area contributed by atoms with Gasteiger partial charge in [-0.15, -0.1) is 0 Å². The molecule has 0 aliphatic rings. The smallest absolute Gasteiger partial charge is 0.412 e. The van der Waals surface area contributed by atoms with Gasteiger partial charge in [0.25, 0.3) is 0 Å². The van der Waals surface area contributed by atoms with E-state index in [-0.39, 0.29) is 0 Å². The molecule has 1 aromatic carbocycles. The second-order valence-corrected chi connectivity index (χ2v) is 5.72. The fourth-order valence-electron chi connectivity index (χ4n) is 1.40. The summed E-state index contributed by atoms with van der Waals surface area (Å²) < 4.78 is 28.2. The number of hydrogen-bond acceptors (Lipinski definition) is 4. The van der Waals surface area contributed by atoms with Crippen molar-refractivity contribution < 1.29 is 22.5 Å². The minimum absolute atomic E-state index is 0.313. The number of carbonyl (C=O) groups is 1. The first-order valence-corrected chi connectivity index (χ1v) is 7.45. The van der Waals surface area contributed by atoms with Gasteiger partial charge in [0.2, 0.25) is 0 Å². The number of amides is 1. The molecule has 114 valence electrons. The fraction of sp³-hybridized carbons (Fsp3) is 0.250. The highest BCUT2D eigenvalue weighted by molar-refractivity contribution is 7.84. The zero-order valence-corrected chi connectivity index (χ0v) is 12.8. The first kappa shape index (κ1) is 17.1. The zero-order valence-electron chi connectivity index (χ0n) is 11.2. The molecule has 2 N–H and O–H groups in total. The van der Waals surface area contributed by atoms with Crippen molar-refractivity contribution in [2.24, 2.45) is 0 Å². The quantitative estimate of drug-likeness (QED) is 0.817. The third-order valence-electron chi connectivity index (χ3n) is 2.35. The topological polar surface area (TPSA) is 95.9 Å². The monoisotopic (exact) mass is 332 g/mol. The molecule has 0 spiro atoms. The molecule has 21 heavy (non-hydrogen) atoms. The highest BCUT2D eigenvalue weighted by atomic mass is 35.5. The Hall–Kier alpha value is -1.95. The van der Waals surface area contributed by atoms with Crippen LogP contribution in [0, 0.1) is 12.0 Å². The summed E-state index contributed by atoms with van der Waals surface area (Å²) in [5.41, 5.74) is 0.313. The standard InChI is InChI=1S/C12H13ClN2O5S/c1-9(6-7-20-21(18,19)14-2)15(12(16)17)11-5-3-4-10(13)8-11/h3-5,8-9,14H,1-2H3,(H,16,17). The van der Waals surface area contributed by atoms with Gasteiger partial charge in [-0.1, -0.05) is 17.7 Å². The third kappa shape index (κ3) is 5.15. The molecular weight excluding hydrogens is 320 g/mol. The van der Waals surface area contributed by atoms with Crippen molar-refractivity contribution in [3.63, 3.8) is 0 Å². The van der Waals surface area contributed by atoms with Crippen molar-refractivity contribution in [3.05, 3.63) is 29.3 Å². The lowest BCUT2D eigenvalue weighted by Gasteiger charge is -2.22. The highest BCUT2D eigenvalue weighted by Crippen LogP contribution is 2.21. The van der Waals surface area contributed by atoms with Crippen molar-refractivity contribution >= 4 is 33.7 Å². The molecule has 0 heterocycles. The second-order valence-electron chi connectivity index (χ2n) is 3.80. The van der Waals surface area contributed by atoms with Crippen LogP contribution in [0.15, 0.2) is 24.3 Å². The lowest BCUT2D eigenvalue weighted by Crippen LogP contribution is -2.36. The minimum atomic E-state index is -3.94. The van der Waals surface area contributed by atoms with E-state index in [9.17, 15) is 18.3 Å². The summed E-state index contributed by atoms with van der Waals surface area (Å²) in [6.45, 7) is 1.48. The Kier molecular flexibility index (Phi) is 5.84. The SMILES string of the molecule is CNS(=O)(=O)OC#CC(C)N(C(=O)O)c1cccc(Cl)c1. The Morgan fingerprint density at radius 3 is 2.71 bits per heavy atom. The summed E-state index contributed by atoms with van der Waals surface area (Å²) in [4.78, 5) is 12.3. The Bertz CT molecular complexity index is 680. The van der Waals surface area contributed by atoms with E-state index in [0.717, 1.165) is 11.9 Å². The van der Waals surface area contributed by atoms with Gasteiger partial charge in [-0.05, 0) is 31.0 Å². The highest BCUT2D eigenvalue weighted by Gasteiger charge is 2.20. The van der Waals surface area contributed by atoms with Gasteiger partial charge in [-0.2, -0.15) is 13.1 Å². The van der Waals surface area contributed by atoms with Crippen LogP contribution in [0.4, 0.5) is 10.5 Å². The predicted molar refractivity (Wildman–Crippen MR) is 78.3 cm³/mol. The van der Waals surface area contributed by atoms with E-state index in [4.69, 9.17) is 11.6 Å². The van der Waals surface area contributed by atoms with Crippen LogP contribution in [0.2, 0.25) is 5.02 Å². The maximum Gasteiger partial charge on any atom is 0.412 e. The fourth-order valence-corrected chi connectivity index (χ4v) is 1.82. The number of anilines is 1. The summed E-state index contributed by atoms with van der Waals surface area (Å²) >= 11 is 5.81. The van der Waals surface area contributed by atoms with Crippen molar-refractivity contribution in [3.8, 4) is 12.0 Å². The molecule has 1 unspecified atom stereocenters. The average Bonchev–Trinajstić information content (AvgIpc) is 2.38. The van der Waals surface area contributed by atoms with Gasteiger partial charge < -0.3 is 9.29 Å². The Balaban J connectivity index is 2.97. The van der Waals surface area contributed by atoms with Crippen LogP contribution < -0.4 is 9.62 Å². The number of benzene rings is 1. The van der Waals surface area contributed by atoms with Gasteiger partial charge in [0, 0.05) is 17.8 Å². The molecule has 1 aromatic rings. The van der Waals surface area contributed by atoms with E-state index in [0.29, 0.717) is 10.7 Å². The van der Waals surface area contributed by atoms with E-state index in [2.05, 4.69) is 10.1 Å². The number of nitrogens with one attached hydrogen (secondary N) is 1. The van der Waals surface area contributed by atoms with Crippen LogP contribution in [0.25, 0.3) is 0 Å². The predicted octanol–water partition coefficient (Wildman–Crippen LogP) is 1.65. The first-order chi connectivity index (χ1) is 9.76. The van der Waals surface area contributed by atoms with Gasteiger partial charge in [-0.3, -0.25) is 4.90 Å².